The number of amides is 2. The van der Waals surface area contributed by atoms with Crippen LogP contribution in [0.5, 0.6) is 0 Å². The lowest BCUT2D eigenvalue weighted by atomic mass is 10.0. The monoisotopic (exact) mass is 399 g/mol. The maximum absolute atomic E-state index is 13.7. The van der Waals surface area contributed by atoms with Gasteiger partial charge in [0, 0.05) is 19.6 Å². The first-order valence-electron chi connectivity index (χ1n) is 9.72. The van der Waals surface area contributed by atoms with Crippen molar-refractivity contribution >= 4 is 11.8 Å². The van der Waals surface area contributed by atoms with E-state index in [1.54, 1.807) is 6.07 Å². The van der Waals surface area contributed by atoms with Crippen LogP contribution in [0.25, 0.3) is 0 Å². The van der Waals surface area contributed by atoms with Gasteiger partial charge in [0.25, 0.3) is 5.91 Å². The Labute approximate surface area is 170 Å². The molecule has 0 aromatic heterocycles. The van der Waals surface area contributed by atoms with Crippen molar-refractivity contribution in [2.45, 2.75) is 13.0 Å². The molecule has 2 aromatic rings. The van der Waals surface area contributed by atoms with Crippen LogP contribution < -0.4 is 10.6 Å². The molecule has 0 saturated carbocycles. The predicted molar refractivity (Wildman–Crippen MR) is 108 cm³/mol. The van der Waals surface area contributed by atoms with E-state index >= 15 is 0 Å². The van der Waals surface area contributed by atoms with E-state index in [0.717, 1.165) is 24.2 Å². The molecule has 1 saturated heterocycles. The lowest BCUT2D eigenvalue weighted by molar-refractivity contribution is -0.120. The van der Waals surface area contributed by atoms with Gasteiger partial charge in [0.2, 0.25) is 5.91 Å². The molecule has 0 spiro atoms. The second-order valence-corrected chi connectivity index (χ2v) is 7.04. The molecule has 2 aromatic carbocycles. The first kappa shape index (κ1) is 21.0. The number of benzene rings is 2. The van der Waals surface area contributed by atoms with Gasteiger partial charge in [0.05, 0.1) is 31.4 Å². The predicted octanol–water partition coefficient (Wildman–Crippen LogP) is 2.05. The molecule has 6 nitrogen and oxygen atoms in total. The highest BCUT2D eigenvalue weighted by Crippen LogP contribution is 2.22. The number of carbonyl (C=O) groups is 2. The number of rotatable bonds is 7. The van der Waals surface area contributed by atoms with Crippen LogP contribution in [0.4, 0.5) is 4.39 Å². The molecule has 1 aliphatic heterocycles. The third kappa shape index (κ3) is 5.85. The average Bonchev–Trinajstić information content (AvgIpc) is 2.73. The second-order valence-electron chi connectivity index (χ2n) is 7.04. The lowest BCUT2D eigenvalue weighted by Gasteiger charge is -2.35. The van der Waals surface area contributed by atoms with Crippen molar-refractivity contribution in [1.29, 1.82) is 0 Å². The molecule has 154 valence electrons. The summed E-state index contributed by atoms with van der Waals surface area (Å²) in [4.78, 5) is 26.6. The quantitative estimate of drug-likeness (QED) is 0.748. The normalized spacial score (nSPS) is 15.5. The van der Waals surface area contributed by atoms with Gasteiger partial charge < -0.3 is 15.4 Å². The van der Waals surface area contributed by atoms with Gasteiger partial charge in [-0.2, -0.15) is 0 Å². The van der Waals surface area contributed by atoms with E-state index in [2.05, 4.69) is 27.7 Å². The molecule has 0 bridgehead atoms. The Hall–Kier alpha value is -2.77. The van der Waals surface area contributed by atoms with Crippen molar-refractivity contribution in [3.63, 3.8) is 0 Å². The van der Waals surface area contributed by atoms with Crippen LogP contribution in [0.15, 0.2) is 48.5 Å². The van der Waals surface area contributed by atoms with E-state index in [1.807, 2.05) is 19.1 Å². The van der Waals surface area contributed by atoms with Crippen molar-refractivity contribution in [2.24, 2.45) is 0 Å². The first-order valence-corrected chi connectivity index (χ1v) is 9.72. The summed E-state index contributed by atoms with van der Waals surface area (Å²) < 4.78 is 19.1. The zero-order chi connectivity index (χ0) is 20.6. The lowest BCUT2D eigenvalue weighted by Crippen LogP contribution is -2.45. The number of hydrogen-bond acceptors (Lipinski definition) is 4. The highest BCUT2D eigenvalue weighted by atomic mass is 19.1. The Bertz CT molecular complexity index is 853. The summed E-state index contributed by atoms with van der Waals surface area (Å²) in [6, 6.07) is 13.9. The molecule has 2 amide bonds. The molecule has 1 fully saturated rings. The van der Waals surface area contributed by atoms with Gasteiger partial charge in [-0.15, -0.1) is 0 Å². The maximum atomic E-state index is 13.7. The van der Waals surface area contributed by atoms with Crippen molar-refractivity contribution in [3.05, 3.63) is 71.0 Å². The van der Waals surface area contributed by atoms with Gasteiger partial charge in [0.15, 0.2) is 0 Å². The summed E-state index contributed by atoms with van der Waals surface area (Å²) in [5.74, 6) is -1.54. The molecule has 2 N–H and O–H groups in total. The van der Waals surface area contributed by atoms with Crippen molar-refractivity contribution < 1.29 is 18.7 Å². The zero-order valence-corrected chi connectivity index (χ0v) is 16.5. The van der Waals surface area contributed by atoms with E-state index < -0.39 is 11.7 Å². The minimum Gasteiger partial charge on any atom is -0.379 e. The largest absolute Gasteiger partial charge is 0.379 e. The van der Waals surface area contributed by atoms with Crippen LogP contribution in [-0.2, 0) is 9.53 Å². The molecule has 1 heterocycles. The summed E-state index contributed by atoms with van der Waals surface area (Å²) in [5, 5.41) is 5.36. The van der Waals surface area contributed by atoms with Crippen molar-refractivity contribution in [1.82, 2.24) is 15.5 Å². The number of halogens is 1. The fraction of sp³-hybridized carbons (Fsp3) is 0.364. The minimum atomic E-state index is -0.614. The van der Waals surface area contributed by atoms with Gasteiger partial charge in [-0.3, -0.25) is 14.5 Å². The zero-order valence-electron chi connectivity index (χ0n) is 16.5. The molecule has 7 heteroatoms. The summed E-state index contributed by atoms with van der Waals surface area (Å²) in [6.07, 6.45) is 0. The first-order chi connectivity index (χ1) is 14.0. The highest BCUT2D eigenvalue weighted by molar-refractivity contribution is 5.96. The molecule has 0 aliphatic carbocycles. The van der Waals surface area contributed by atoms with E-state index in [-0.39, 0.29) is 24.1 Å². The van der Waals surface area contributed by atoms with Gasteiger partial charge in [0.1, 0.15) is 5.82 Å². The van der Waals surface area contributed by atoms with Crippen LogP contribution in [0.2, 0.25) is 0 Å². The summed E-state index contributed by atoms with van der Waals surface area (Å²) >= 11 is 0. The van der Waals surface area contributed by atoms with E-state index in [1.165, 1.54) is 18.2 Å². The average molecular weight is 399 g/mol. The molecule has 29 heavy (non-hydrogen) atoms. The smallest absolute Gasteiger partial charge is 0.254 e. The van der Waals surface area contributed by atoms with Gasteiger partial charge in [-0.25, -0.2) is 4.39 Å². The third-order valence-corrected chi connectivity index (χ3v) is 4.93. The Morgan fingerprint density at radius 1 is 1.10 bits per heavy atom. The molecule has 1 aliphatic rings. The van der Waals surface area contributed by atoms with Gasteiger partial charge >= 0.3 is 0 Å². The fourth-order valence-corrected chi connectivity index (χ4v) is 3.40. The topological polar surface area (TPSA) is 70.7 Å². The molecule has 1 atom stereocenters. The highest BCUT2D eigenvalue weighted by Gasteiger charge is 2.23. The number of aryl methyl sites for hydroxylation is 1. The van der Waals surface area contributed by atoms with E-state index in [4.69, 9.17) is 4.74 Å². The number of nitrogens with one attached hydrogen (secondary N) is 2. The molecular formula is C22H26FN3O3. The summed E-state index contributed by atoms with van der Waals surface area (Å²) in [7, 11) is 0. The third-order valence-electron chi connectivity index (χ3n) is 4.93. The SMILES string of the molecule is Cc1cccc(C(CNC(=O)CNC(=O)c2ccccc2F)N2CCOCC2)c1. The minimum absolute atomic E-state index is 0.0185. The number of morpholine rings is 1. The van der Waals surface area contributed by atoms with Crippen LogP contribution in [0.3, 0.4) is 0 Å². The second kappa shape index (κ2) is 10.1. The Morgan fingerprint density at radius 3 is 2.59 bits per heavy atom. The summed E-state index contributed by atoms with van der Waals surface area (Å²) in [6.45, 7) is 5.15. The van der Waals surface area contributed by atoms with Crippen LogP contribution in [0, 0.1) is 12.7 Å². The van der Waals surface area contributed by atoms with Crippen molar-refractivity contribution in [2.75, 3.05) is 39.4 Å². The maximum Gasteiger partial charge on any atom is 0.254 e. The number of nitrogens with zero attached hydrogens (tertiary/aromatic N) is 1. The fourth-order valence-electron chi connectivity index (χ4n) is 3.40. The van der Waals surface area contributed by atoms with Crippen LogP contribution in [-0.4, -0.2) is 56.1 Å². The van der Waals surface area contributed by atoms with Crippen molar-refractivity contribution in [3.8, 4) is 0 Å². The Morgan fingerprint density at radius 2 is 1.86 bits per heavy atom. The van der Waals surface area contributed by atoms with Crippen LogP contribution >= 0.6 is 0 Å². The number of carbonyl (C=O) groups excluding carboxylic acids is 2. The van der Waals surface area contributed by atoms with Gasteiger partial charge in [-0.05, 0) is 24.6 Å². The Kier molecular flexibility index (Phi) is 7.32. The van der Waals surface area contributed by atoms with E-state index in [9.17, 15) is 14.0 Å². The van der Waals surface area contributed by atoms with Gasteiger partial charge in [-0.1, -0.05) is 42.0 Å². The summed E-state index contributed by atoms with van der Waals surface area (Å²) in [5.41, 5.74) is 2.21. The molecule has 3 rings (SSSR count). The van der Waals surface area contributed by atoms with Crippen LogP contribution in [0.1, 0.15) is 27.5 Å². The van der Waals surface area contributed by atoms with E-state index in [0.29, 0.717) is 19.8 Å². The molecular weight excluding hydrogens is 373 g/mol. The number of ether oxygens (including phenoxy) is 1. The number of hydrogen-bond donors (Lipinski definition) is 2. The Balaban J connectivity index is 1.57. The standard InChI is InChI=1S/C22H26FN3O3/c1-16-5-4-6-17(13-16)20(26-9-11-29-12-10-26)14-24-21(27)15-25-22(28)18-7-2-3-8-19(18)23/h2-8,13,20H,9-12,14-15H2,1H3,(H,24,27)(H,25,28). The molecule has 0 radical (unpaired) electrons. The molecule has 1 unspecified atom stereocenters.